The lowest BCUT2D eigenvalue weighted by molar-refractivity contribution is -0.137. The lowest BCUT2D eigenvalue weighted by atomic mass is 9.82. The largest absolute Gasteiger partial charge is 0.465 e. The molecular weight excluding hydrogens is 394 g/mol. The van der Waals surface area contributed by atoms with E-state index in [-0.39, 0.29) is 30.3 Å². The number of piperazine rings is 1. The molecule has 11 nitrogen and oxygen atoms in total. The van der Waals surface area contributed by atoms with Crippen LogP contribution in [0.5, 0.6) is 0 Å². The van der Waals surface area contributed by atoms with E-state index in [1.165, 1.54) is 0 Å². The fourth-order valence-corrected chi connectivity index (χ4v) is 4.76. The number of primary amides is 1. The summed E-state index contributed by atoms with van der Waals surface area (Å²) < 4.78 is 5.86. The molecule has 2 saturated heterocycles. The first-order valence-corrected chi connectivity index (χ1v) is 9.72. The molecule has 2 fully saturated rings. The summed E-state index contributed by atoms with van der Waals surface area (Å²) in [4.78, 5) is 39.1. The van der Waals surface area contributed by atoms with Crippen molar-refractivity contribution in [3.63, 3.8) is 0 Å². The van der Waals surface area contributed by atoms with E-state index in [0.29, 0.717) is 35.6 Å². The average molecular weight is 423 g/mol. The minimum Gasteiger partial charge on any atom is -0.465 e. The second-order valence-corrected chi connectivity index (χ2v) is 8.04. The Bertz CT molecular complexity index is 833. The molecule has 0 spiro atoms. The number of aliphatic hydroxyl groups is 1. The van der Waals surface area contributed by atoms with Crippen LogP contribution in [0.1, 0.15) is 6.92 Å². The monoisotopic (exact) mass is 423 g/mol. The van der Waals surface area contributed by atoms with Gasteiger partial charge in [-0.25, -0.2) is 4.79 Å². The SMILES string of the molecule is COC12C(CO)C3=C(C(=O)C(C)=C(NCCN(C)C)C3=O)N1CC1NC12.NC(=O)O. The van der Waals surface area contributed by atoms with Crippen molar-refractivity contribution >= 4 is 17.7 Å². The first kappa shape index (κ1) is 22.2. The smallest absolute Gasteiger partial charge is 0.402 e. The molecule has 4 atom stereocenters. The van der Waals surface area contributed by atoms with Crippen molar-refractivity contribution in [2.24, 2.45) is 11.7 Å². The summed E-state index contributed by atoms with van der Waals surface area (Å²) in [6, 6.07) is 0.270. The predicted molar refractivity (Wildman–Crippen MR) is 106 cm³/mol. The molecule has 6 N–H and O–H groups in total. The number of allylic oxidation sites excluding steroid dienone is 2. The Balaban J connectivity index is 0.000000589. The molecule has 0 saturated carbocycles. The Hall–Kier alpha value is -2.47. The number of methoxy groups -OCH3 is 1. The van der Waals surface area contributed by atoms with Gasteiger partial charge in [0.1, 0.15) is 0 Å². The molecule has 30 heavy (non-hydrogen) atoms. The van der Waals surface area contributed by atoms with Gasteiger partial charge in [-0.15, -0.1) is 0 Å². The molecule has 11 heteroatoms. The third-order valence-electron chi connectivity index (χ3n) is 6.08. The highest BCUT2D eigenvalue weighted by Crippen LogP contribution is 2.55. The average Bonchev–Trinajstić information content (AvgIpc) is 3.27. The first-order valence-electron chi connectivity index (χ1n) is 9.72. The van der Waals surface area contributed by atoms with E-state index in [4.69, 9.17) is 14.6 Å². The Labute approximate surface area is 174 Å². The zero-order valence-electron chi connectivity index (χ0n) is 17.6. The summed E-state index contributed by atoms with van der Waals surface area (Å²) >= 11 is 0. The van der Waals surface area contributed by atoms with Crippen LogP contribution in [0.3, 0.4) is 0 Å². The number of aliphatic hydroxyl groups excluding tert-OH is 1. The van der Waals surface area contributed by atoms with E-state index in [1.54, 1.807) is 14.0 Å². The van der Waals surface area contributed by atoms with Gasteiger partial charge in [0.2, 0.25) is 11.6 Å². The number of carbonyl (C=O) groups excluding carboxylic acids is 2. The second kappa shape index (κ2) is 7.99. The molecule has 0 aromatic heterocycles. The topological polar surface area (TPSA) is 167 Å². The number of fused-ring (bicyclic) bond motifs is 4. The standard InChI is InChI=1S/C18H26N4O4.CH3NO2/c1-9-13(19-5-6-21(2)3)16(25)12-10(8-23)18(26-4)17-11(20-17)7-22(18)14(12)15(9)24;2-1(3)4/h10-11,17,19-20,23H,5-8H2,1-4H3;2H2,(H,3,4). The van der Waals surface area contributed by atoms with Crippen molar-refractivity contribution in [2.75, 3.05) is 47.4 Å². The number of ketones is 2. The molecule has 4 unspecified atom stereocenters. The summed E-state index contributed by atoms with van der Waals surface area (Å²) in [6.45, 7) is 3.38. The Morgan fingerprint density at radius 3 is 2.57 bits per heavy atom. The number of carboxylic acid groups (broad SMARTS) is 1. The maximum atomic E-state index is 13.3. The van der Waals surface area contributed by atoms with Crippen LogP contribution in [-0.4, -0.2) is 103 Å². The van der Waals surface area contributed by atoms with Crippen LogP contribution >= 0.6 is 0 Å². The number of nitrogens with zero attached hydrogens (tertiary/aromatic N) is 2. The fourth-order valence-electron chi connectivity index (χ4n) is 4.76. The highest BCUT2D eigenvalue weighted by atomic mass is 16.5. The third kappa shape index (κ3) is 3.27. The third-order valence-corrected chi connectivity index (χ3v) is 6.08. The minimum absolute atomic E-state index is 0.0290. The molecule has 4 rings (SSSR count). The van der Waals surface area contributed by atoms with Crippen LogP contribution in [0.25, 0.3) is 0 Å². The number of nitrogens with one attached hydrogen (secondary N) is 2. The maximum Gasteiger partial charge on any atom is 0.402 e. The normalized spacial score (nSPS) is 31.4. The van der Waals surface area contributed by atoms with E-state index < -0.39 is 17.7 Å². The summed E-state index contributed by atoms with van der Waals surface area (Å²) in [5.74, 6) is -0.883. The van der Waals surface area contributed by atoms with Crippen LogP contribution in [0.15, 0.2) is 22.5 Å². The van der Waals surface area contributed by atoms with Gasteiger partial charge in [0, 0.05) is 43.9 Å². The highest BCUT2D eigenvalue weighted by Gasteiger charge is 2.72. The minimum atomic E-state index is -1.33. The maximum absolute atomic E-state index is 13.3. The van der Waals surface area contributed by atoms with Crippen LogP contribution in [-0.2, 0) is 14.3 Å². The van der Waals surface area contributed by atoms with Crippen molar-refractivity contribution in [1.29, 1.82) is 0 Å². The molecule has 3 aliphatic heterocycles. The quantitative estimate of drug-likeness (QED) is 0.239. The number of rotatable bonds is 6. The van der Waals surface area contributed by atoms with Gasteiger partial charge >= 0.3 is 6.09 Å². The number of hydrogen-bond acceptors (Lipinski definition) is 9. The predicted octanol–water partition coefficient (Wildman–Crippen LogP) is -1.94. The van der Waals surface area contributed by atoms with Crippen LogP contribution < -0.4 is 16.4 Å². The lowest BCUT2D eigenvalue weighted by Gasteiger charge is -2.39. The van der Waals surface area contributed by atoms with Gasteiger partial charge in [0.05, 0.1) is 30.0 Å². The van der Waals surface area contributed by atoms with Crippen molar-refractivity contribution in [3.05, 3.63) is 22.5 Å². The summed E-state index contributed by atoms with van der Waals surface area (Å²) in [6.07, 6.45) is -1.33. The summed E-state index contributed by atoms with van der Waals surface area (Å²) in [5, 5.41) is 23.8. The van der Waals surface area contributed by atoms with Crippen molar-refractivity contribution in [2.45, 2.75) is 24.7 Å². The summed E-state index contributed by atoms with van der Waals surface area (Å²) in [5.41, 5.74) is 4.77. The fraction of sp³-hybridized carbons (Fsp3) is 0.632. The molecule has 1 aliphatic carbocycles. The van der Waals surface area contributed by atoms with Gasteiger partial charge < -0.3 is 41.1 Å². The van der Waals surface area contributed by atoms with E-state index >= 15 is 0 Å². The van der Waals surface area contributed by atoms with Crippen LogP contribution in [0.2, 0.25) is 0 Å². The number of nitrogens with two attached hydrogens (primary N) is 1. The van der Waals surface area contributed by atoms with E-state index in [1.807, 2.05) is 23.9 Å². The van der Waals surface area contributed by atoms with Gasteiger partial charge in [0.25, 0.3) is 0 Å². The number of likely N-dealkylation sites (N-methyl/N-ethyl adjacent to an activating group) is 1. The molecule has 0 aromatic rings. The first-order chi connectivity index (χ1) is 14.1. The van der Waals surface area contributed by atoms with E-state index in [0.717, 1.165) is 6.54 Å². The molecule has 0 aromatic carbocycles. The lowest BCUT2D eigenvalue weighted by Crippen LogP contribution is -2.54. The van der Waals surface area contributed by atoms with E-state index in [9.17, 15) is 14.7 Å². The summed E-state index contributed by atoms with van der Waals surface area (Å²) in [7, 11) is 5.49. The number of amides is 1. The van der Waals surface area contributed by atoms with Gasteiger partial charge in [0.15, 0.2) is 5.72 Å². The number of carbonyl (C=O) groups is 3. The van der Waals surface area contributed by atoms with Gasteiger partial charge in [-0.1, -0.05) is 0 Å². The van der Waals surface area contributed by atoms with Crippen molar-refractivity contribution in [1.82, 2.24) is 20.4 Å². The Morgan fingerprint density at radius 2 is 2.03 bits per heavy atom. The molecule has 4 aliphatic rings. The van der Waals surface area contributed by atoms with Crippen molar-refractivity contribution < 1.29 is 29.3 Å². The van der Waals surface area contributed by atoms with Crippen molar-refractivity contribution in [3.8, 4) is 0 Å². The van der Waals surface area contributed by atoms with Gasteiger partial charge in [-0.3, -0.25) is 9.59 Å². The number of hydrogen-bond donors (Lipinski definition) is 5. The molecule has 0 bridgehead atoms. The second-order valence-electron chi connectivity index (χ2n) is 8.04. The highest BCUT2D eigenvalue weighted by molar-refractivity contribution is 6.25. The zero-order chi connectivity index (χ0) is 22.4. The molecule has 1 amide bonds. The molecule has 166 valence electrons. The van der Waals surface area contributed by atoms with Crippen LogP contribution in [0.4, 0.5) is 4.79 Å². The molecule has 0 radical (unpaired) electrons. The number of ether oxygens (including phenoxy) is 1. The molecular formula is C19H29N5O6. The zero-order valence-corrected chi connectivity index (χ0v) is 17.6. The van der Waals surface area contributed by atoms with Gasteiger partial charge in [-0.2, -0.15) is 0 Å². The van der Waals surface area contributed by atoms with Crippen LogP contribution in [0, 0.1) is 5.92 Å². The Kier molecular flexibility index (Phi) is 5.92. The number of Topliss-reactive ketones (excluding diaryl/α,β-unsaturated/α-hetero) is 2. The van der Waals surface area contributed by atoms with E-state index in [2.05, 4.69) is 16.4 Å². The van der Waals surface area contributed by atoms with Gasteiger partial charge in [-0.05, 0) is 21.0 Å². The Morgan fingerprint density at radius 1 is 1.40 bits per heavy atom. The molecule has 3 heterocycles.